The molecule has 5 nitrogen and oxygen atoms in total. The van der Waals surface area contributed by atoms with Gasteiger partial charge >= 0.3 is 0 Å². The van der Waals surface area contributed by atoms with E-state index in [0.29, 0.717) is 17.2 Å². The molecule has 0 spiro atoms. The summed E-state index contributed by atoms with van der Waals surface area (Å²) < 4.78 is 5.44. The first-order chi connectivity index (χ1) is 15.0. The Morgan fingerprint density at radius 2 is 1.90 bits per heavy atom. The third-order valence-electron chi connectivity index (χ3n) is 5.47. The van der Waals surface area contributed by atoms with E-state index in [1.54, 1.807) is 6.07 Å². The zero-order valence-electron chi connectivity index (χ0n) is 17.9. The van der Waals surface area contributed by atoms with Gasteiger partial charge in [-0.3, -0.25) is 4.79 Å². The van der Waals surface area contributed by atoms with Crippen LogP contribution in [0.1, 0.15) is 53.6 Å². The van der Waals surface area contributed by atoms with Crippen molar-refractivity contribution in [2.24, 2.45) is 5.10 Å². The van der Waals surface area contributed by atoms with Crippen LogP contribution in [-0.4, -0.2) is 17.1 Å². The topological polar surface area (TPSA) is 67.5 Å². The number of benzene rings is 2. The van der Waals surface area contributed by atoms with Gasteiger partial charge in [-0.1, -0.05) is 56.3 Å². The molecule has 0 radical (unpaired) electrons. The summed E-state index contributed by atoms with van der Waals surface area (Å²) in [6.45, 7) is 6.26. The van der Waals surface area contributed by atoms with Crippen LogP contribution in [0.2, 0.25) is 0 Å². The summed E-state index contributed by atoms with van der Waals surface area (Å²) in [7, 11) is 0. The minimum absolute atomic E-state index is 0.296. The number of aryl methyl sites for hydroxylation is 1. The molecule has 2 aromatic carbocycles. The predicted molar refractivity (Wildman–Crippen MR) is 124 cm³/mol. The number of hydrogen-bond acceptors (Lipinski definition) is 4. The average molecular weight is 412 g/mol. The number of carbonyl (C=O) groups is 1. The Balaban J connectivity index is 1.66. The van der Waals surface area contributed by atoms with Crippen LogP contribution in [0.15, 0.2) is 76.2 Å². The lowest BCUT2D eigenvalue weighted by Crippen LogP contribution is -2.18. The van der Waals surface area contributed by atoms with Gasteiger partial charge < -0.3 is 4.42 Å². The van der Waals surface area contributed by atoms with Gasteiger partial charge in [0.2, 0.25) is 0 Å². The van der Waals surface area contributed by atoms with E-state index >= 15 is 0 Å². The van der Waals surface area contributed by atoms with Crippen molar-refractivity contribution in [3.05, 3.63) is 89.4 Å². The van der Waals surface area contributed by atoms with Crippen LogP contribution < -0.4 is 5.43 Å². The van der Waals surface area contributed by atoms with Gasteiger partial charge in [0, 0.05) is 10.9 Å². The number of hydrogen-bond donors (Lipinski definition) is 1. The van der Waals surface area contributed by atoms with Crippen LogP contribution in [-0.2, 0) is 0 Å². The molecule has 1 N–H and O–H groups in total. The summed E-state index contributed by atoms with van der Waals surface area (Å²) in [6.07, 6.45) is 2.58. The summed E-state index contributed by atoms with van der Waals surface area (Å²) in [5.74, 6) is 1.59. The predicted octanol–water partition coefficient (Wildman–Crippen LogP) is 6.08. The van der Waals surface area contributed by atoms with Crippen LogP contribution >= 0.6 is 0 Å². The smallest absolute Gasteiger partial charge is 0.272 e. The first-order valence-corrected chi connectivity index (χ1v) is 10.4. The second kappa shape index (κ2) is 8.96. The van der Waals surface area contributed by atoms with Crippen LogP contribution in [0.5, 0.6) is 0 Å². The van der Waals surface area contributed by atoms with Crippen LogP contribution in [0.3, 0.4) is 0 Å². The number of carbonyl (C=O) groups excluding carboxylic acids is 1. The number of pyridine rings is 1. The molecule has 0 fully saturated rings. The fourth-order valence-electron chi connectivity index (χ4n) is 3.47. The Morgan fingerprint density at radius 3 is 2.61 bits per heavy atom. The highest BCUT2D eigenvalue weighted by molar-refractivity contribution is 6.07. The first-order valence-electron chi connectivity index (χ1n) is 10.4. The molecule has 5 heteroatoms. The SMILES string of the molecule is CC[C@@H](C)c1ccc(-c2cc(C(=O)N/N=C\c3ccc(C)o3)c3ccccc3n2)cc1. The van der Waals surface area contributed by atoms with Crippen molar-refractivity contribution in [3.8, 4) is 11.3 Å². The molecule has 0 bridgehead atoms. The molecular formula is C26H25N3O2. The van der Waals surface area contributed by atoms with Crippen molar-refractivity contribution in [3.63, 3.8) is 0 Å². The van der Waals surface area contributed by atoms with Gasteiger partial charge in [-0.15, -0.1) is 0 Å². The van der Waals surface area contributed by atoms with E-state index in [9.17, 15) is 4.79 Å². The third-order valence-corrected chi connectivity index (χ3v) is 5.47. The lowest BCUT2D eigenvalue weighted by atomic mass is 9.96. The number of nitrogens with zero attached hydrogens (tertiary/aromatic N) is 2. The minimum Gasteiger partial charge on any atom is -0.460 e. The van der Waals surface area contributed by atoms with E-state index in [1.165, 1.54) is 11.8 Å². The molecule has 0 aliphatic rings. The molecule has 0 saturated carbocycles. The minimum atomic E-state index is -0.296. The molecular weight excluding hydrogens is 386 g/mol. The van der Waals surface area contributed by atoms with Gasteiger partial charge in [0.25, 0.3) is 5.91 Å². The molecule has 2 aromatic heterocycles. The number of furan rings is 1. The fourth-order valence-corrected chi connectivity index (χ4v) is 3.47. The quantitative estimate of drug-likeness (QED) is 0.309. The summed E-state index contributed by atoms with van der Waals surface area (Å²) in [4.78, 5) is 17.7. The molecule has 4 aromatic rings. The van der Waals surface area contributed by atoms with Crippen molar-refractivity contribution in [2.75, 3.05) is 0 Å². The standard InChI is InChI=1S/C26H25N3O2/c1-4-17(2)19-10-12-20(13-11-19)25-15-23(22-7-5-6-8-24(22)28-25)26(30)29-27-16-21-14-9-18(3)31-21/h5-17H,4H2,1-3H3,(H,29,30)/b27-16-/t17-/m1/s1. The molecule has 0 unspecified atom stereocenters. The summed E-state index contributed by atoms with van der Waals surface area (Å²) in [5.41, 5.74) is 6.92. The molecule has 4 rings (SSSR count). The van der Waals surface area contributed by atoms with E-state index in [2.05, 4.69) is 48.6 Å². The summed E-state index contributed by atoms with van der Waals surface area (Å²) in [6, 6.07) is 21.5. The zero-order chi connectivity index (χ0) is 21.8. The lowest BCUT2D eigenvalue weighted by Gasteiger charge is -2.11. The highest BCUT2D eigenvalue weighted by atomic mass is 16.3. The molecule has 0 aliphatic heterocycles. The Morgan fingerprint density at radius 1 is 1.13 bits per heavy atom. The van der Waals surface area contributed by atoms with E-state index in [-0.39, 0.29) is 5.91 Å². The fraction of sp³-hybridized carbons (Fsp3) is 0.192. The van der Waals surface area contributed by atoms with Crippen molar-refractivity contribution in [1.29, 1.82) is 0 Å². The molecule has 31 heavy (non-hydrogen) atoms. The molecule has 1 amide bonds. The monoisotopic (exact) mass is 411 g/mol. The van der Waals surface area contributed by atoms with Gasteiger partial charge in [0.1, 0.15) is 11.5 Å². The summed E-state index contributed by atoms with van der Waals surface area (Å²) >= 11 is 0. The van der Waals surface area contributed by atoms with E-state index < -0.39 is 0 Å². The molecule has 0 saturated heterocycles. The van der Waals surface area contributed by atoms with Crippen molar-refractivity contribution in [1.82, 2.24) is 10.4 Å². The number of nitrogens with one attached hydrogen (secondary N) is 1. The number of hydrazone groups is 1. The van der Waals surface area contributed by atoms with Gasteiger partial charge in [0.15, 0.2) is 0 Å². The van der Waals surface area contributed by atoms with E-state index in [0.717, 1.165) is 34.3 Å². The summed E-state index contributed by atoms with van der Waals surface area (Å²) in [5, 5.41) is 4.82. The van der Waals surface area contributed by atoms with Crippen molar-refractivity contribution in [2.45, 2.75) is 33.1 Å². The van der Waals surface area contributed by atoms with Crippen LogP contribution in [0.25, 0.3) is 22.2 Å². The second-order valence-corrected chi connectivity index (χ2v) is 7.65. The lowest BCUT2D eigenvalue weighted by molar-refractivity contribution is 0.0956. The third kappa shape index (κ3) is 4.56. The van der Waals surface area contributed by atoms with Crippen LogP contribution in [0, 0.1) is 6.92 Å². The maximum absolute atomic E-state index is 12.9. The number of para-hydroxylation sites is 1. The number of fused-ring (bicyclic) bond motifs is 1. The highest BCUT2D eigenvalue weighted by Gasteiger charge is 2.14. The Labute approximate surface area is 181 Å². The largest absolute Gasteiger partial charge is 0.460 e. The number of aromatic nitrogens is 1. The van der Waals surface area contributed by atoms with E-state index in [1.807, 2.05) is 43.3 Å². The van der Waals surface area contributed by atoms with E-state index in [4.69, 9.17) is 9.40 Å². The molecule has 156 valence electrons. The van der Waals surface area contributed by atoms with Crippen LogP contribution in [0.4, 0.5) is 0 Å². The maximum atomic E-state index is 12.9. The normalized spacial score (nSPS) is 12.4. The Bertz CT molecular complexity index is 1240. The zero-order valence-corrected chi connectivity index (χ0v) is 17.9. The second-order valence-electron chi connectivity index (χ2n) is 7.65. The number of amides is 1. The Kier molecular flexibility index (Phi) is 5.94. The first kappa shape index (κ1) is 20.5. The number of rotatable bonds is 6. The molecule has 1 atom stereocenters. The van der Waals surface area contributed by atoms with Gasteiger partial charge in [-0.2, -0.15) is 5.10 Å². The van der Waals surface area contributed by atoms with Crippen molar-refractivity contribution < 1.29 is 9.21 Å². The van der Waals surface area contributed by atoms with Crippen molar-refractivity contribution >= 4 is 23.0 Å². The Hall–Kier alpha value is -3.73. The van der Waals surface area contributed by atoms with Gasteiger partial charge in [-0.05, 0) is 49.1 Å². The molecule has 2 heterocycles. The maximum Gasteiger partial charge on any atom is 0.272 e. The highest BCUT2D eigenvalue weighted by Crippen LogP contribution is 2.27. The van der Waals surface area contributed by atoms with Gasteiger partial charge in [-0.25, -0.2) is 10.4 Å². The average Bonchev–Trinajstić information content (AvgIpc) is 3.22. The molecule has 0 aliphatic carbocycles. The van der Waals surface area contributed by atoms with Gasteiger partial charge in [0.05, 0.1) is 23.0 Å².